The van der Waals surface area contributed by atoms with E-state index in [0.29, 0.717) is 0 Å². The van der Waals surface area contributed by atoms with Crippen molar-refractivity contribution in [1.82, 2.24) is 0 Å². The molecule has 1 aromatic heterocycles. The molecule has 86 valence electrons. The Morgan fingerprint density at radius 1 is 1.19 bits per heavy atom. The van der Waals surface area contributed by atoms with E-state index in [0.717, 1.165) is 22.2 Å². The Labute approximate surface area is 105 Å². The van der Waals surface area contributed by atoms with Crippen molar-refractivity contribution in [3.05, 3.63) is 34.0 Å². The molecule has 0 unspecified atom stereocenters. The van der Waals surface area contributed by atoms with E-state index in [-0.39, 0.29) is 5.41 Å². The summed E-state index contributed by atoms with van der Waals surface area (Å²) in [7, 11) is 0. The van der Waals surface area contributed by atoms with Crippen LogP contribution in [0.5, 0.6) is 0 Å². The van der Waals surface area contributed by atoms with Gasteiger partial charge in [-0.2, -0.15) is 0 Å². The van der Waals surface area contributed by atoms with Gasteiger partial charge in [0.05, 0.1) is 0 Å². The van der Waals surface area contributed by atoms with E-state index in [1.807, 2.05) is 0 Å². The first-order valence-electron chi connectivity index (χ1n) is 5.64. The zero-order chi connectivity index (χ0) is 11.9. The van der Waals surface area contributed by atoms with Crippen molar-refractivity contribution in [1.29, 1.82) is 0 Å². The lowest BCUT2D eigenvalue weighted by molar-refractivity contribution is 0.530. The maximum absolute atomic E-state index is 5.91. The summed E-state index contributed by atoms with van der Waals surface area (Å²) in [6.07, 6.45) is 0.940. The summed E-state index contributed by atoms with van der Waals surface area (Å²) in [5.41, 5.74) is 2.40. The highest BCUT2D eigenvalue weighted by atomic mass is 79.9. The fourth-order valence-electron chi connectivity index (χ4n) is 1.90. The first kappa shape index (κ1) is 11.7. The summed E-state index contributed by atoms with van der Waals surface area (Å²) in [4.78, 5) is 0. The van der Waals surface area contributed by atoms with Crippen molar-refractivity contribution in [2.75, 3.05) is 0 Å². The van der Waals surface area contributed by atoms with Gasteiger partial charge in [0.15, 0.2) is 0 Å². The maximum Gasteiger partial charge on any atom is 0.138 e. The lowest BCUT2D eigenvalue weighted by atomic mass is 9.86. The standard InChI is InChI=1S/C14H17BrO/c1-5-11-7-9-6-10(15)8-12(13(9)16-11)14(2,3)4/h6-8H,5H2,1-4H3. The predicted octanol–water partition coefficient (Wildman–Crippen LogP) is 5.06. The minimum atomic E-state index is 0.102. The Balaban J connectivity index is 2.76. The Bertz CT molecular complexity index is 517. The lowest BCUT2D eigenvalue weighted by Gasteiger charge is -2.19. The summed E-state index contributed by atoms with van der Waals surface area (Å²) in [5, 5.41) is 1.19. The third-order valence-electron chi connectivity index (χ3n) is 2.79. The molecule has 2 aromatic rings. The second kappa shape index (κ2) is 3.92. The summed E-state index contributed by atoms with van der Waals surface area (Å²) in [6.45, 7) is 8.75. The lowest BCUT2D eigenvalue weighted by Crippen LogP contribution is -2.11. The van der Waals surface area contributed by atoms with Crippen molar-refractivity contribution in [2.24, 2.45) is 0 Å². The monoisotopic (exact) mass is 280 g/mol. The first-order chi connectivity index (χ1) is 7.41. The molecule has 0 bridgehead atoms. The molecule has 1 aromatic carbocycles. The van der Waals surface area contributed by atoms with Gasteiger partial charge in [-0.15, -0.1) is 0 Å². The second-order valence-corrected chi connectivity index (χ2v) is 6.10. The highest BCUT2D eigenvalue weighted by molar-refractivity contribution is 9.10. The highest BCUT2D eigenvalue weighted by Gasteiger charge is 2.20. The molecule has 2 rings (SSSR count). The number of hydrogen-bond donors (Lipinski definition) is 0. The third-order valence-corrected chi connectivity index (χ3v) is 3.25. The largest absolute Gasteiger partial charge is 0.461 e. The van der Waals surface area contributed by atoms with E-state index < -0.39 is 0 Å². The molecule has 0 saturated heterocycles. The van der Waals surface area contributed by atoms with Gasteiger partial charge in [-0.3, -0.25) is 0 Å². The van der Waals surface area contributed by atoms with Gasteiger partial charge in [0.2, 0.25) is 0 Å². The zero-order valence-corrected chi connectivity index (χ0v) is 11.8. The number of furan rings is 1. The molecular formula is C14H17BrO. The molecule has 0 aliphatic rings. The van der Waals surface area contributed by atoms with Crippen LogP contribution in [0.3, 0.4) is 0 Å². The zero-order valence-electron chi connectivity index (χ0n) is 10.2. The summed E-state index contributed by atoms with van der Waals surface area (Å²) in [5.74, 6) is 1.05. The van der Waals surface area contributed by atoms with Crippen LogP contribution in [-0.4, -0.2) is 0 Å². The predicted molar refractivity (Wildman–Crippen MR) is 72.0 cm³/mol. The van der Waals surface area contributed by atoms with Gasteiger partial charge in [-0.05, 0) is 23.6 Å². The first-order valence-corrected chi connectivity index (χ1v) is 6.43. The van der Waals surface area contributed by atoms with Crippen LogP contribution in [0.25, 0.3) is 11.0 Å². The normalized spacial score (nSPS) is 12.3. The van der Waals surface area contributed by atoms with Gasteiger partial charge in [0.1, 0.15) is 11.3 Å². The van der Waals surface area contributed by atoms with Gasteiger partial charge < -0.3 is 4.42 Å². The Morgan fingerprint density at radius 3 is 2.44 bits per heavy atom. The van der Waals surface area contributed by atoms with Crippen LogP contribution in [0.4, 0.5) is 0 Å². The van der Waals surface area contributed by atoms with E-state index in [2.05, 4.69) is 61.8 Å². The van der Waals surface area contributed by atoms with Gasteiger partial charge in [-0.25, -0.2) is 0 Å². The van der Waals surface area contributed by atoms with Crippen LogP contribution >= 0.6 is 15.9 Å². The SMILES string of the molecule is CCc1cc2cc(Br)cc(C(C)(C)C)c2o1. The number of halogens is 1. The van der Waals surface area contributed by atoms with E-state index in [9.17, 15) is 0 Å². The van der Waals surface area contributed by atoms with Crippen LogP contribution in [0.15, 0.2) is 27.1 Å². The number of rotatable bonds is 1. The van der Waals surface area contributed by atoms with Crippen molar-refractivity contribution in [3.63, 3.8) is 0 Å². The molecule has 0 N–H and O–H groups in total. The fourth-order valence-corrected chi connectivity index (χ4v) is 2.38. The number of benzene rings is 1. The smallest absolute Gasteiger partial charge is 0.138 e. The third kappa shape index (κ3) is 2.03. The molecule has 0 saturated carbocycles. The molecule has 1 nitrogen and oxygen atoms in total. The molecule has 0 aliphatic heterocycles. The second-order valence-electron chi connectivity index (χ2n) is 5.19. The minimum absolute atomic E-state index is 0.102. The summed E-state index contributed by atoms with van der Waals surface area (Å²) < 4.78 is 7.03. The summed E-state index contributed by atoms with van der Waals surface area (Å²) in [6, 6.07) is 6.41. The van der Waals surface area contributed by atoms with E-state index in [4.69, 9.17) is 4.42 Å². The van der Waals surface area contributed by atoms with Crippen molar-refractivity contribution >= 4 is 26.9 Å². The molecule has 1 heterocycles. The molecule has 0 radical (unpaired) electrons. The molecule has 0 aliphatic carbocycles. The number of aryl methyl sites for hydroxylation is 1. The number of hydrogen-bond acceptors (Lipinski definition) is 1. The van der Waals surface area contributed by atoms with Crippen LogP contribution in [-0.2, 0) is 11.8 Å². The van der Waals surface area contributed by atoms with Crippen LogP contribution < -0.4 is 0 Å². The van der Waals surface area contributed by atoms with Gasteiger partial charge in [0, 0.05) is 21.8 Å². The molecule has 0 atom stereocenters. The molecule has 0 spiro atoms. The van der Waals surface area contributed by atoms with Crippen molar-refractivity contribution < 1.29 is 4.42 Å². The quantitative estimate of drug-likeness (QED) is 0.712. The molecule has 2 heteroatoms. The van der Waals surface area contributed by atoms with E-state index in [1.54, 1.807) is 0 Å². The molecule has 16 heavy (non-hydrogen) atoms. The Hall–Kier alpha value is -0.760. The van der Waals surface area contributed by atoms with Crippen molar-refractivity contribution in [2.45, 2.75) is 39.5 Å². The Kier molecular flexibility index (Phi) is 2.87. The van der Waals surface area contributed by atoms with Crippen molar-refractivity contribution in [3.8, 4) is 0 Å². The molecular weight excluding hydrogens is 264 g/mol. The van der Waals surface area contributed by atoms with Gasteiger partial charge in [-0.1, -0.05) is 43.6 Å². The minimum Gasteiger partial charge on any atom is -0.461 e. The fraction of sp³-hybridized carbons (Fsp3) is 0.429. The van der Waals surface area contributed by atoms with Gasteiger partial charge in [0.25, 0.3) is 0 Å². The van der Waals surface area contributed by atoms with Crippen LogP contribution in [0, 0.1) is 0 Å². The van der Waals surface area contributed by atoms with E-state index in [1.165, 1.54) is 10.9 Å². The molecule has 0 amide bonds. The van der Waals surface area contributed by atoms with Gasteiger partial charge >= 0.3 is 0 Å². The average Bonchev–Trinajstić information content (AvgIpc) is 2.57. The molecule has 0 fully saturated rings. The number of fused-ring (bicyclic) bond motifs is 1. The highest BCUT2D eigenvalue weighted by Crippen LogP contribution is 2.34. The average molecular weight is 281 g/mol. The van der Waals surface area contributed by atoms with E-state index >= 15 is 0 Å². The van der Waals surface area contributed by atoms with Crippen LogP contribution in [0.1, 0.15) is 39.0 Å². The maximum atomic E-state index is 5.91. The summed E-state index contributed by atoms with van der Waals surface area (Å²) >= 11 is 3.57. The Morgan fingerprint density at radius 2 is 1.88 bits per heavy atom. The van der Waals surface area contributed by atoms with Crippen LogP contribution in [0.2, 0.25) is 0 Å². The topological polar surface area (TPSA) is 13.1 Å².